The fraction of sp³-hybridized carbons (Fsp3) is 0.0526. The van der Waals surface area contributed by atoms with E-state index in [0.717, 1.165) is 22.3 Å². The van der Waals surface area contributed by atoms with Crippen LogP contribution in [0.25, 0.3) is 22.3 Å². The summed E-state index contributed by atoms with van der Waals surface area (Å²) in [7, 11) is 0. The molecule has 0 saturated carbocycles. The number of benzene rings is 3. The van der Waals surface area contributed by atoms with Crippen LogP contribution in [0, 0.1) is 6.92 Å². The van der Waals surface area contributed by atoms with Crippen molar-refractivity contribution >= 4 is 0 Å². The number of phenols is 3. The fourth-order valence-corrected chi connectivity index (χ4v) is 2.62. The van der Waals surface area contributed by atoms with Gasteiger partial charge in [-0.2, -0.15) is 0 Å². The van der Waals surface area contributed by atoms with E-state index in [2.05, 4.69) is 0 Å². The highest BCUT2D eigenvalue weighted by Crippen LogP contribution is 2.41. The highest BCUT2D eigenvalue weighted by atomic mass is 16.3. The minimum absolute atomic E-state index is 0.180. The van der Waals surface area contributed by atoms with Crippen molar-refractivity contribution in [1.82, 2.24) is 0 Å². The zero-order chi connectivity index (χ0) is 15.7. The van der Waals surface area contributed by atoms with Gasteiger partial charge in [-0.15, -0.1) is 0 Å². The summed E-state index contributed by atoms with van der Waals surface area (Å²) in [6.45, 7) is 1.98. The van der Waals surface area contributed by atoms with Gasteiger partial charge in [0.05, 0.1) is 0 Å². The van der Waals surface area contributed by atoms with Gasteiger partial charge in [-0.05, 0) is 59.5 Å². The van der Waals surface area contributed by atoms with Crippen molar-refractivity contribution in [2.75, 3.05) is 0 Å². The molecule has 0 aliphatic heterocycles. The summed E-state index contributed by atoms with van der Waals surface area (Å²) in [5.41, 5.74) is 4.37. The molecular formula is C19H16O3. The predicted octanol–water partition coefficient (Wildman–Crippen LogP) is 4.45. The largest absolute Gasteiger partial charge is 0.508 e. The molecule has 0 atom stereocenters. The minimum Gasteiger partial charge on any atom is -0.508 e. The molecule has 3 aromatic rings. The lowest BCUT2D eigenvalue weighted by molar-refractivity contribution is 0.474. The number of aromatic hydroxyl groups is 3. The Morgan fingerprint density at radius 1 is 0.545 bits per heavy atom. The van der Waals surface area contributed by atoms with E-state index >= 15 is 0 Å². The van der Waals surface area contributed by atoms with E-state index in [4.69, 9.17) is 0 Å². The Bertz CT molecular complexity index is 733. The van der Waals surface area contributed by atoms with Crippen LogP contribution in [0.3, 0.4) is 0 Å². The van der Waals surface area contributed by atoms with Crippen LogP contribution < -0.4 is 0 Å². The molecule has 0 spiro atoms. The molecule has 0 fully saturated rings. The summed E-state index contributed by atoms with van der Waals surface area (Å²) < 4.78 is 0. The van der Waals surface area contributed by atoms with E-state index in [-0.39, 0.29) is 17.2 Å². The third-order valence-corrected chi connectivity index (χ3v) is 3.70. The Balaban J connectivity index is 2.27. The SMILES string of the molecule is Cc1ccc(O)c(-c2ccc(O)cc2)c1-c1ccc(O)cc1. The zero-order valence-electron chi connectivity index (χ0n) is 12.1. The number of hydrogen-bond donors (Lipinski definition) is 3. The average molecular weight is 292 g/mol. The fourth-order valence-electron chi connectivity index (χ4n) is 2.62. The summed E-state index contributed by atoms with van der Waals surface area (Å²) in [5.74, 6) is 0.564. The quantitative estimate of drug-likeness (QED) is 0.654. The monoisotopic (exact) mass is 292 g/mol. The van der Waals surface area contributed by atoms with Gasteiger partial charge in [-0.25, -0.2) is 0 Å². The van der Waals surface area contributed by atoms with Crippen LogP contribution in [-0.2, 0) is 0 Å². The second kappa shape index (κ2) is 5.45. The summed E-state index contributed by atoms with van der Waals surface area (Å²) in [6.07, 6.45) is 0. The third-order valence-electron chi connectivity index (χ3n) is 3.70. The normalized spacial score (nSPS) is 10.6. The van der Waals surface area contributed by atoms with Crippen LogP contribution in [0.2, 0.25) is 0 Å². The van der Waals surface area contributed by atoms with Crippen molar-refractivity contribution in [3.63, 3.8) is 0 Å². The van der Waals surface area contributed by atoms with E-state index in [1.165, 1.54) is 0 Å². The number of rotatable bonds is 2. The molecule has 0 radical (unpaired) electrons. The zero-order valence-corrected chi connectivity index (χ0v) is 12.1. The Morgan fingerprint density at radius 2 is 1.00 bits per heavy atom. The molecule has 0 aromatic heterocycles. The Kier molecular flexibility index (Phi) is 3.47. The van der Waals surface area contributed by atoms with Crippen molar-refractivity contribution in [2.24, 2.45) is 0 Å². The Hall–Kier alpha value is -2.94. The molecule has 22 heavy (non-hydrogen) atoms. The molecule has 0 aliphatic carbocycles. The van der Waals surface area contributed by atoms with E-state index in [1.807, 2.05) is 25.1 Å². The second-order valence-corrected chi connectivity index (χ2v) is 5.25. The molecule has 110 valence electrons. The van der Waals surface area contributed by atoms with Gasteiger partial charge in [0.1, 0.15) is 17.2 Å². The lowest BCUT2D eigenvalue weighted by Gasteiger charge is -2.15. The Labute approximate surface area is 128 Å². The first-order valence-corrected chi connectivity index (χ1v) is 6.97. The maximum atomic E-state index is 10.3. The number of aryl methyl sites for hydroxylation is 1. The van der Waals surface area contributed by atoms with Gasteiger partial charge in [-0.3, -0.25) is 0 Å². The van der Waals surface area contributed by atoms with Crippen LogP contribution in [-0.4, -0.2) is 15.3 Å². The van der Waals surface area contributed by atoms with Crippen molar-refractivity contribution in [1.29, 1.82) is 0 Å². The van der Waals surface area contributed by atoms with Crippen LogP contribution in [0.4, 0.5) is 0 Å². The third kappa shape index (κ3) is 2.49. The molecule has 3 rings (SSSR count). The van der Waals surface area contributed by atoms with Crippen LogP contribution in [0.5, 0.6) is 17.2 Å². The predicted molar refractivity (Wildman–Crippen MR) is 87.0 cm³/mol. The van der Waals surface area contributed by atoms with Crippen LogP contribution in [0.15, 0.2) is 60.7 Å². The highest BCUT2D eigenvalue weighted by molar-refractivity contribution is 5.89. The van der Waals surface area contributed by atoms with Gasteiger partial charge >= 0.3 is 0 Å². The highest BCUT2D eigenvalue weighted by Gasteiger charge is 2.15. The van der Waals surface area contributed by atoms with Gasteiger partial charge in [0.15, 0.2) is 0 Å². The first kappa shape index (κ1) is 14.0. The molecule has 0 amide bonds. The van der Waals surface area contributed by atoms with Gasteiger partial charge in [0.25, 0.3) is 0 Å². The topological polar surface area (TPSA) is 60.7 Å². The molecule has 0 saturated heterocycles. The van der Waals surface area contributed by atoms with E-state index in [9.17, 15) is 15.3 Å². The maximum Gasteiger partial charge on any atom is 0.124 e. The number of hydrogen-bond acceptors (Lipinski definition) is 3. The molecule has 3 N–H and O–H groups in total. The standard InChI is InChI=1S/C19H16O3/c1-12-2-11-17(22)19(14-5-9-16(21)10-6-14)18(12)13-3-7-15(20)8-4-13/h2-11,20-22H,1H3. The van der Waals surface area contributed by atoms with E-state index in [0.29, 0.717) is 5.56 Å². The average Bonchev–Trinajstić information content (AvgIpc) is 2.51. The second-order valence-electron chi connectivity index (χ2n) is 5.25. The maximum absolute atomic E-state index is 10.3. The summed E-state index contributed by atoms with van der Waals surface area (Å²) >= 11 is 0. The van der Waals surface area contributed by atoms with Crippen molar-refractivity contribution in [3.8, 4) is 39.5 Å². The van der Waals surface area contributed by atoms with Gasteiger partial charge in [0.2, 0.25) is 0 Å². The molecule has 3 aromatic carbocycles. The smallest absolute Gasteiger partial charge is 0.124 e. The molecular weight excluding hydrogens is 276 g/mol. The van der Waals surface area contributed by atoms with Gasteiger partial charge in [-0.1, -0.05) is 30.3 Å². The lowest BCUT2D eigenvalue weighted by atomic mass is 9.90. The number of phenolic OH excluding ortho intramolecular Hbond substituents is 3. The van der Waals surface area contributed by atoms with Crippen LogP contribution in [0.1, 0.15) is 5.56 Å². The summed E-state index contributed by atoms with van der Waals surface area (Å²) in [6, 6.07) is 17.2. The molecule has 0 unspecified atom stereocenters. The molecule has 0 aliphatic rings. The van der Waals surface area contributed by atoms with E-state index < -0.39 is 0 Å². The summed E-state index contributed by atoms with van der Waals surface area (Å²) in [4.78, 5) is 0. The van der Waals surface area contributed by atoms with E-state index in [1.54, 1.807) is 42.5 Å². The Morgan fingerprint density at radius 3 is 1.50 bits per heavy atom. The molecule has 3 nitrogen and oxygen atoms in total. The van der Waals surface area contributed by atoms with Crippen molar-refractivity contribution in [2.45, 2.75) is 6.92 Å². The van der Waals surface area contributed by atoms with Crippen molar-refractivity contribution in [3.05, 3.63) is 66.2 Å². The lowest BCUT2D eigenvalue weighted by Crippen LogP contribution is -1.90. The molecule has 0 bridgehead atoms. The first-order valence-electron chi connectivity index (χ1n) is 6.97. The molecule has 3 heteroatoms. The molecule has 0 heterocycles. The minimum atomic E-state index is 0.180. The first-order chi connectivity index (χ1) is 10.6. The van der Waals surface area contributed by atoms with Crippen LogP contribution >= 0.6 is 0 Å². The van der Waals surface area contributed by atoms with Crippen molar-refractivity contribution < 1.29 is 15.3 Å². The van der Waals surface area contributed by atoms with Gasteiger partial charge in [0, 0.05) is 5.56 Å². The summed E-state index contributed by atoms with van der Waals surface area (Å²) in [5, 5.41) is 29.3. The van der Waals surface area contributed by atoms with Gasteiger partial charge < -0.3 is 15.3 Å².